The molecular weight excluding hydrogens is 196 g/mol. The molecule has 0 aromatic heterocycles. The Bertz CT molecular complexity index is 365. The molecule has 1 rings (SSSR count). The summed E-state index contributed by atoms with van der Waals surface area (Å²) in [6.07, 6.45) is 0. The van der Waals surface area contributed by atoms with E-state index in [0.717, 1.165) is 0 Å². The van der Waals surface area contributed by atoms with Gasteiger partial charge in [0.1, 0.15) is 0 Å². The van der Waals surface area contributed by atoms with Crippen LogP contribution in [0.15, 0.2) is 29.4 Å². The Balaban J connectivity index is 3.13. The molecule has 1 N–H and O–H groups in total. The van der Waals surface area contributed by atoms with Crippen LogP contribution in [0, 0.1) is 10.1 Å². The Morgan fingerprint density at radius 2 is 2.31 bits per heavy atom. The molecule has 0 aliphatic heterocycles. The van der Waals surface area contributed by atoms with E-state index in [0.29, 0.717) is 5.56 Å². The van der Waals surface area contributed by atoms with Gasteiger partial charge < -0.3 is 5.21 Å². The van der Waals surface area contributed by atoms with Gasteiger partial charge in [0, 0.05) is 17.7 Å². The van der Waals surface area contributed by atoms with Gasteiger partial charge in [-0.1, -0.05) is 28.9 Å². The third-order valence-corrected chi connectivity index (χ3v) is 1.68. The highest BCUT2D eigenvalue weighted by atomic mass is 35.5. The number of non-ortho nitro benzene ring substituents is 1. The monoisotopic (exact) mass is 200 g/mol. The van der Waals surface area contributed by atoms with Crippen LogP contribution in [-0.2, 0) is 0 Å². The second-order valence-electron chi connectivity index (χ2n) is 2.20. The molecule has 13 heavy (non-hydrogen) atoms. The lowest BCUT2D eigenvalue weighted by Crippen LogP contribution is -1.93. The first-order valence-corrected chi connectivity index (χ1v) is 3.65. The van der Waals surface area contributed by atoms with E-state index in [4.69, 9.17) is 16.8 Å². The quantitative estimate of drug-likeness (QED) is 0.343. The summed E-state index contributed by atoms with van der Waals surface area (Å²) in [7, 11) is 0. The molecule has 0 saturated heterocycles. The summed E-state index contributed by atoms with van der Waals surface area (Å²) in [4.78, 5) is 9.77. The fourth-order valence-electron chi connectivity index (χ4n) is 0.806. The van der Waals surface area contributed by atoms with E-state index in [2.05, 4.69) is 5.16 Å². The first-order valence-electron chi connectivity index (χ1n) is 3.27. The molecule has 0 saturated carbocycles. The molecule has 0 atom stereocenters. The van der Waals surface area contributed by atoms with Crippen LogP contribution in [0.3, 0.4) is 0 Å². The molecule has 0 amide bonds. The third-order valence-electron chi connectivity index (χ3n) is 1.38. The van der Waals surface area contributed by atoms with Crippen molar-refractivity contribution in [3.05, 3.63) is 39.9 Å². The molecule has 0 fully saturated rings. The Kier molecular flexibility index (Phi) is 2.81. The van der Waals surface area contributed by atoms with Crippen LogP contribution >= 0.6 is 11.6 Å². The predicted octanol–water partition coefficient (Wildman–Crippen LogP) is 1.97. The van der Waals surface area contributed by atoms with E-state index >= 15 is 0 Å². The van der Waals surface area contributed by atoms with Crippen molar-refractivity contribution >= 4 is 22.5 Å². The number of nitro benzene ring substituents is 1. The Morgan fingerprint density at radius 3 is 2.85 bits per heavy atom. The molecule has 0 unspecified atom stereocenters. The van der Waals surface area contributed by atoms with E-state index in [9.17, 15) is 10.1 Å². The van der Waals surface area contributed by atoms with Gasteiger partial charge in [-0.15, -0.1) is 0 Å². The minimum Gasteiger partial charge on any atom is -0.410 e. The van der Waals surface area contributed by atoms with Gasteiger partial charge in [0.25, 0.3) is 5.69 Å². The topological polar surface area (TPSA) is 75.7 Å². The van der Waals surface area contributed by atoms with Crippen molar-refractivity contribution in [3.63, 3.8) is 0 Å². The van der Waals surface area contributed by atoms with Gasteiger partial charge in [0.15, 0.2) is 5.17 Å². The number of oxime groups is 1. The van der Waals surface area contributed by atoms with E-state index in [1.54, 1.807) is 0 Å². The molecule has 0 bridgehead atoms. The maximum absolute atomic E-state index is 10.3. The molecule has 6 heteroatoms. The third kappa shape index (κ3) is 2.16. The van der Waals surface area contributed by atoms with Crippen LogP contribution in [0.25, 0.3) is 0 Å². The Hall–Kier alpha value is -1.62. The van der Waals surface area contributed by atoms with Crippen LogP contribution in [-0.4, -0.2) is 15.3 Å². The van der Waals surface area contributed by atoms with Crippen molar-refractivity contribution in [1.29, 1.82) is 0 Å². The largest absolute Gasteiger partial charge is 0.410 e. The van der Waals surface area contributed by atoms with Crippen LogP contribution in [0.4, 0.5) is 5.69 Å². The second-order valence-corrected chi connectivity index (χ2v) is 2.56. The summed E-state index contributed by atoms with van der Waals surface area (Å²) in [5.74, 6) is 0. The molecule has 0 aliphatic carbocycles. The van der Waals surface area contributed by atoms with Crippen molar-refractivity contribution < 1.29 is 10.1 Å². The SMILES string of the molecule is O=[N+]([O-])c1cccc(/C(Cl)=N/O)c1. The maximum atomic E-state index is 10.3. The average Bonchev–Trinajstić information content (AvgIpc) is 2.17. The van der Waals surface area contributed by atoms with Crippen molar-refractivity contribution in [3.8, 4) is 0 Å². The zero-order valence-electron chi connectivity index (χ0n) is 6.35. The molecule has 1 aromatic rings. The first kappa shape index (κ1) is 9.47. The average molecular weight is 201 g/mol. The van der Waals surface area contributed by atoms with Crippen LogP contribution in [0.5, 0.6) is 0 Å². The predicted molar refractivity (Wildman–Crippen MR) is 47.3 cm³/mol. The number of halogens is 1. The molecule has 0 aliphatic rings. The Labute approximate surface area is 78.4 Å². The highest BCUT2D eigenvalue weighted by Crippen LogP contribution is 2.14. The summed E-state index contributed by atoms with van der Waals surface area (Å²) < 4.78 is 0. The number of hydrogen-bond acceptors (Lipinski definition) is 4. The molecule has 5 nitrogen and oxygen atoms in total. The zero-order valence-corrected chi connectivity index (χ0v) is 7.10. The summed E-state index contributed by atoms with van der Waals surface area (Å²) in [6, 6.07) is 5.52. The van der Waals surface area contributed by atoms with Crippen LogP contribution in [0.2, 0.25) is 0 Å². The van der Waals surface area contributed by atoms with Crippen molar-refractivity contribution in [1.82, 2.24) is 0 Å². The van der Waals surface area contributed by atoms with Crippen LogP contribution < -0.4 is 0 Å². The molecule has 0 heterocycles. The number of hydrogen-bond donors (Lipinski definition) is 1. The van der Waals surface area contributed by atoms with Crippen molar-refractivity contribution in [2.45, 2.75) is 0 Å². The molecular formula is C7H5ClN2O3. The van der Waals surface area contributed by atoms with E-state index in [1.807, 2.05) is 0 Å². The number of benzene rings is 1. The number of rotatable bonds is 2. The maximum Gasteiger partial charge on any atom is 0.270 e. The van der Waals surface area contributed by atoms with Crippen molar-refractivity contribution in [2.24, 2.45) is 5.16 Å². The van der Waals surface area contributed by atoms with Gasteiger partial charge in [0.2, 0.25) is 0 Å². The highest BCUT2D eigenvalue weighted by molar-refractivity contribution is 6.69. The van der Waals surface area contributed by atoms with Crippen molar-refractivity contribution in [2.75, 3.05) is 0 Å². The van der Waals surface area contributed by atoms with E-state index < -0.39 is 4.92 Å². The van der Waals surface area contributed by atoms with Gasteiger partial charge in [-0.2, -0.15) is 0 Å². The van der Waals surface area contributed by atoms with Gasteiger partial charge >= 0.3 is 0 Å². The fourth-order valence-corrected chi connectivity index (χ4v) is 0.923. The lowest BCUT2D eigenvalue weighted by molar-refractivity contribution is -0.384. The van der Waals surface area contributed by atoms with E-state index in [-0.39, 0.29) is 10.9 Å². The minimum absolute atomic E-state index is 0.0979. The van der Waals surface area contributed by atoms with Gasteiger partial charge in [-0.25, -0.2) is 0 Å². The first-order chi connectivity index (χ1) is 6.15. The summed E-state index contributed by atoms with van der Waals surface area (Å²) in [6.45, 7) is 0. The van der Waals surface area contributed by atoms with Crippen LogP contribution in [0.1, 0.15) is 5.56 Å². The van der Waals surface area contributed by atoms with Gasteiger partial charge in [0.05, 0.1) is 4.92 Å². The molecule has 1 aromatic carbocycles. The fraction of sp³-hybridized carbons (Fsp3) is 0. The molecule has 0 radical (unpaired) electrons. The summed E-state index contributed by atoms with van der Waals surface area (Å²) in [5.41, 5.74) is 0.206. The van der Waals surface area contributed by atoms with Gasteiger partial charge in [-0.05, 0) is 0 Å². The Morgan fingerprint density at radius 1 is 1.62 bits per heavy atom. The number of nitrogens with zero attached hydrogens (tertiary/aromatic N) is 2. The zero-order chi connectivity index (χ0) is 9.84. The normalized spacial score (nSPS) is 11.3. The lowest BCUT2D eigenvalue weighted by Gasteiger charge is -1.95. The second kappa shape index (κ2) is 3.86. The summed E-state index contributed by atoms with van der Waals surface area (Å²) >= 11 is 5.44. The number of nitro groups is 1. The minimum atomic E-state index is -0.551. The molecule has 68 valence electrons. The smallest absolute Gasteiger partial charge is 0.270 e. The molecule has 0 spiro atoms. The van der Waals surface area contributed by atoms with E-state index in [1.165, 1.54) is 24.3 Å². The van der Waals surface area contributed by atoms with Gasteiger partial charge in [-0.3, -0.25) is 10.1 Å². The highest BCUT2D eigenvalue weighted by Gasteiger charge is 2.08. The lowest BCUT2D eigenvalue weighted by atomic mass is 10.2. The standard InChI is InChI=1S/C7H5ClN2O3/c8-7(9-11)5-2-1-3-6(4-5)10(12)13/h1-4,11H/b9-7-. The summed E-state index contributed by atoms with van der Waals surface area (Å²) in [5, 5.41) is 21.2.